The summed E-state index contributed by atoms with van der Waals surface area (Å²) in [5.41, 5.74) is 0. The van der Waals surface area contributed by atoms with Crippen molar-refractivity contribution in [2.75, 3.05) is 0 Å². The van der Waals surface area contributed by atoms with Crippen LogP contribution >= 0.6 is 0 Å². The van der Waals surface area contributed by atoms with Crippen LogP contribution in [-0.2, 0) is 9.59 Å². The fourth-order valence-corrected chi connectivity index (χ4v) is 0.264. The normalized spacial score (nSPS) is 11.4. The monoisotopic (exact) mass is 272 g/mol. The summed E-state index contributed by atoms with van der Waals surface area (Å²) >= 11 is 0. The minimum atomic E-state index is -2.38. The number of carboxylic acid groups (broad SMARTS) is 4. The molecule has 2 unspecified atom stereocenters. The van der Waals surface area contributed by atoms with Gasteiger partial charge in [-0.2, -0.15) is 0 Å². The Bertz CT molecular complexity index is 210. The maximum Gasteiger partial charge on any atom is 1.00 e. The fourth-order valence-electron chi connectivity index (χ4n) is 0.264. The maximum absolute atomic E-state index is 9.74. The molecule has 4 N–H and O–H groups in total. The zero-order chi connectivity index (χ0) is 11.9. The molecule has 0 aliphatic heterocycles. The minimum Gasteiger partial charge on any atom is -0.565 e. The Morgan fingerprint density at radius 3 is 1.25 bits per heavy atom. The van der Waals surface area contributed by atoms with E-state index in [0.717, 1.165) is 0 Å². The molecule has 0 rings (SSSR count). The number of hydrogen-bond donors (Lipinski definition) is 4. The van der Waals surface area contributed by atoms with Gasteiger partial charge in [0, 0.05) is 0 Å². The summed E-state index contributed by atoms with van der Waals surface area (Å²) in [6, 6.07) is 0. The summed E-state index contributed by atoms with van der Waals surface area (Å²) in [5, 5.41) is 49.4. The zero-order valence-electron chi connectivity index (χ0n) is 8.48. The molecule has 0 saturated carbocycles. The number of carbonyl (C=O) groups excluding carboxylic acids is 1. The van der Waals surface area contributed by atoms with Crippen molar-refractivity contribution >= 4 is 18.1 Å². The second kappa shape index (κ2) is 13.8. The van der Waals surface area contributed by atoms with Crippen LogP contribution in [0.2, 0.25) is 0 Å². The van der Waals surface area contributed by atoms with Gasteiger partial charge in [0.05, 0.1) is 5.97 Å². The molecule has 0 spiro atoms. The number of aliphatic carboxylic acids is 2. The SMILES string of the molecule is O=C([O-])C(O)C(O)C(=O)O.O=C([O-])O.[K+].[Na+]. The predicted molar refractivity (Wildman–Crippen MR) is 32.7 cm³/mol. The average Bonchev–Trinajstić information content (AvgIpc) is 2.00. The molecule has 0 amide bonds. The third-order valence-corrected chi connectivity index (χ3v) is 0.794. The van der Waals surface area contributed by atoms with Crippen LogP contribution in [0.25, 0.3) is 0 Å². The van der Waals surface area contributed by atoms with Crippen molar-refractivity contribution in [3.05, 3.63) is 0 Å². The first-order valence-electron chi connectivity index (χ1n) is 2.89. The molecular formula is C5H6KNaO9. The molecule has 0 aromatic carbocycles. The first kappa shape index (κ1) is 25.6. The van der Waals surface area contributed by atoms with Gasteiger partial charge in [-0.1, -0.05) is 0 Å². The summed E-state index contributed by atoms with van der Waals surface area (Å²) in [6.45, 7) is 0. The van der Waals surface area contributed by atoms with Crippen molar-refractivity contribution in [1.82, 2.24) is 0 Å². The molecule has 16 heavy (non-hydrogen) atoms. The van der Waals surface area contributed by atoms with Crippen molar-refractivity contribution in [1.29, 1.82) is 0 Å². The molecule has 0 bridgehead atoms. The summed E-state index contributed by atoms with van der Waals surface area (Å²) in [6.07, 6.45) is -6.79. The van der Waals surface area contributed by atoms with Gasteiger partial charge in [0.15, 0.2) is 6.10 Å². The van der Waals surface area contributed by atoms with E-state index in [1.165, 1.54) is 0 Å². The van der Waals surface area contributed by atoms with Gasteiger partial charge in [-0.05, 0) is 0 Å². The molecule has 0 saturated heterocycles. The fraction of sp³-hybridized carbons (Fsp3) is 0.400. The van der Waals surface area contributed by atoms with Gasteiger partial charge in [0.25, 0.3) is 0 Å². The van der Waals surface area contributed by atoms with Crippen molar-refractivity contribution < 1.29 is 126 Å². The van der Waals surface area contributed by atoms with E-state index in [2.05, 4.69) is 0 Å². The topological polar surface area (TPSA) is 178 Å². The Balaban J connectivity index is -0.000000105. The molecule has 82 valence electrons. The molecule has 0 aromatic rings. The number of aliphatic hydroxyl groups is 2. The van der Waals surface area contributed by atoms with Crippen LogP contribution in [0.5, 0.6) is 0 Å². The van der Waals surface area contributed by atoms with E-state index in [-0.39, 0.29) is 80.9 Å². The van der Waals surface area contributed by atoms with Crippen LogP contribution in [0.15, 0.2) is 0 Å². The largest absolute Gasteiger partial charge is 1.00 e. The Morgan fingerprint density at radius 1 is 0.938 bits per heavy atom. The molecule has 2 atom stereocenters. The van der Waals surface area contributed by atoms with Crippen molar-refractivity contribution in [2.24, 2.45) is 0 Å². The summed E-state index contributed by atoms with van der Waals surface area (Å²) in [4.78, 5) is 27.8. The number of carboxylic acids is 2. The molecule has 0 radical (unpaired) electrons. The van der Waals surface area contributed by atoms with Gasteiger partial charge in [0.2, 0.25) is 6.16 Å². The molecule has 0 aliphatic carbocycles. The van der Waals surface area contributed by atoms with Gasteiger partial charge < -0.3 is 40.2 Å². The molecule has 0 heterocycles. The van der Waals surface area contributed by atoms with E-state index in [1.807, 2.05) is 0 Å². The van der Waals surface area contributed by atoms with Crippen molar-refractivity contribution in [3.8, 4) is 0 Å². The number of hydrogen-bond acceptors (Lipinski definition) is 7. The van der Waals surface area contributed by atoms with Crippen LogP contribution in [0.1, 0.15) is 0 Å². The summed E-state index contributed by atoms with van der Waals surface area (Å²) in [7, 11) is 0. The van der Waals surface area contributed by atoms with Crippen LogP contribution in [-0.4, -0.2) is 50.7 Å². The van der Waals surface area contributed by atoms with E-state index in [4.69, 9.17) is 30.3 Å². The van der Waals surface area contributed by atoms with Gasteiger partial charge in [0.1, 0.15) is 6.10 Å². The van der Waals surface area contributed by atoms with Gasteiger partial charge >= 0.3 is 86.9 Å². The second-order valence-corrected chi connectivity index (χ2v) is 1.81. The number of rotatable bonds is 3. The van der Waals surface area contributed by atoms with E-state index >= 15 is 0 Å². The Morgan fingerprint density at radius 2 is 1.19 bits per heavy atom. The number of carbonyl (C=O) groups is 3. The van der Waals surface area contributed by atoms with Crippen LogP contribution in [0.4, 0.5) is 4.79 Å². The van der Waals surface area contributed by atoms with Crippen molar-refractivity contribution in [2.45, 2.75) is 12.2 Å². The molecule has 11 heteroatoms. The Labute approximate surface area is 154 Å². The standard InChI is InChI=1S/C4H6O6.CH2O3.K.Na/c5-1(3(7)8)2(6)4(9)10;2-1(3)4;;/h1-2,5-6H,(H,7,8)(H,9,10);(H2,2,3,4);;/q;;2*+1/p-2. The van der Waals surface area contributed by atoms with Gasteiger partial charge in [-0.3, -0.25) is 0 Å². The third-order valence-electron chi connectivity index (χ3n) is 0.794. The van der Waals surface area contributed by atoms with E-state index in [0.29, 0.717) is 0 Å². The second-order valence-electron chi connectivity index (χ2n) is 1.81. The van der Waals surface area contributed by atoms with E-state index < -0.39 is 30.3 Å². The van der Waals surface area contributed by atoms with Crippen LogP contribution in [0.3, 0.4) is 0 Å². The minimum absolute atomic E-state index is 0. The molecule has 0 aromatic heterocycles. The van der Waals surface area contributed by atoms with Gasteiger partial charge in [-0.25, -0.2) is 4.79 Å². The summed E-state index contributed by atoms with van der Waals surface area (Å²) < 4.78 is 0. The van der Waals surface area contributed by atoms with Crippen LogP contribution in [0, 0.1) is 0 Å². The molecule has 0 fully saturated rings. The quantitative estimate of drug-likeness (QED) is 0.363. The third kappa shape index (κ3) is 17.2. The molecular weight excluding hydrogens is 266 g/mol. The van der Waals surface area contributed by atoms with E-state index in [1.54, 1.807) is 0 Å². The van der Waals surface area contributed by atoms with Crippen molar-refractivity contribution in [3.63, 3.8) is 0 Å². The Kier molecular flexibility index (Phi) is 22.1. The number of aliphatic hydroxyl groups excluding tert-OH is 2. The average molecular weight is 272 g/mol. The predicted octanol–water partition coefficient (Wildman–Crippen LogP) is -10.6. The first-order chi connectivity index (χ1) is 6.20. The Hall–Kier alpha value is 0.766. The summed E-state index contributed by atoms with van der Waals surface area (Å²) in [5.74, 6) is -3.83. The molecule has 9 nitrogen and oxygen atoms in total. The first-order valence-corrected chi connectivity index (χ1v) is 2.89. The molecule has 0 aliphatic rings. The van der Waals surface area contributed by atoms with Gasteiger partial charge in [-0.15, -0.1) is 0 Å². The van der Waals surface area contributed by atoms with E-state index in [9.17, 15) is 14.7 Å². The smallest absolute Gasteiger partial charge is 0.565 e. The van der Waals surface area contributed by atoms with Crippen LogP contribution < -0.4 is 91.2 Å². The maximum atomic E-state index is 9.74. The zero-order valence-corrected chi connectivity index (χ0v) is 13.6.